The van der Waals surface area contributed by atoms with Crippen LogP contribution in [0.25, 0.3) is 11.0 Å². The number of anilines is 2. The van der Waals surface area contributed by atoms with Crippen LogP contribution in [0.5, 0.6) is 0 Å². The largest absolute Gasteiger partial charge is 0.464 e. The molecule has 0 saturated carbocycles. The molecule has 0 spiro atoms. The molecule has 0 unspecified atom stereocenters. The Morgan fingerprint density at radius 2 is 1.91 bits per heavy atom. The first kappa shape index (κ1) is 14.2. The van der Waals surface area contributed by atoms with Crippen LogP contribution in [0.4, 0.5) is 11.4 Å². The van der Waals surface area contributed by atoms with E-state index in [-0.39, 0.29) is 0 Å². The molecule has 0 radical (unpaired) electrons. The smallest absolute Gasteiger partial charge is 0.250 e. The maximum Gasteiger partial charge on any atom is 0.250 e. The molecular formula is C17H16N2O3. The quantitative estimate of drug-likeness (QED) is 0.676. The lowest BCUT2D eigenvalue weighted by atomic mass is 10.2. The molecule has 2 aromatic carbocycles. The van der Waals surface area contributed by atoms with Gasteiger partial charge in [-0.15, -0.1) is 0 Å². The van der Waals surface area contributed by atoms with Crippen LogP contribution in [-0.2, 0) is 11.3 Å². The highest BCUT2D eigenvalue weighted by molar-refractivity contribution is 5.92. The van der Waals surface area contributed by atoms with Crippen LogP contribution in [0.3, 0.4) is 0 Å². The molecule has 0 bridgehead atoms. The van der Waals surface area contributed by atoms with Gasteiger partial charge >= 0.3 is 0 Å². The highest BCUT2D eigenvalue weighted by Crippen LogP contribution is 2.22. The Morgan fingerprint density at radius 3 is 2.77 bits per heavy atom. The third-order valence-electron chi connectivity index (χ3n) is 3.33. The Balaban J connectivity index is 1.71. The van der Waals surface area contributed by atoms with Crippen molar-refractivity contribution in [2.24, 2.45) is 0 Å². The van der Waals surface area contributed by atoms with E-state index in [2.05, 4.69) is 10.6 Å². The van der Waals surface area contributed by atoms with Gasteiger partial charge in [-0.2, -0.15) is 0 Å². The molecular weight excluding hydrogens is 280 g/mol. The molecule has 0 atom stereocenters. The molecule has 3 aromatic rings. The summed E-state index contributed by atoms with van der Waals surface area (Å²) in [5.74, 6) is -0.432. The van der Waals surface area contributed by atoms with Gasteiger partial charge in [-0.1, -0.05) is 24.3 Å². The van der Waals surface area contributed by atoms with Crippen LogP contribution >= 0.6 is 0 Å². The molecule has 5 heteroatoms. The van der Waals surface area contributed by atoms with Crippen molar-refractivity contribution in [3.05, 3.63) is 60.4 Å². The first-order valence-corrected chi connectivity index (χ1v) is 6.96. The van der Waals surface area contributed by atoms with E-state index in [0.717, 1.165) is 22.2 Å². The van der Waals surface area contributed by atoms with Crippen molar-refractivity contribution in [3.63, 3.8) is 0 Å². The fourth-order valence-electron chi connectivity index (χ4n) is 2.27. The van der Waals surface area contributed by atoms with Crippen molar-refractivity contribution in [1.82, 2.24) is 0 Å². The minimum atomic E-state index is -0.529. The van der Waals surface area contributed by atoms with Crippen LogP contribution in [-0.4, -0.2) is 17.6 Å². The predicted molar refractivity (Wildman–Crippen MR) is 85.7 cm³/mol. The topological polar surface area (TPSA) is 74.5 Å². The van der Waals surface area contributed by atoms with Gasteiger partial charge in [-0.05, 0) is 24.3 Å². The Hall–Kier alpha value is -2.79. The van der Waals surface area contributed by atoms with Crippen molar-refractivity contribution in [2.45, 2.75) is 6.54 Å². The lowest BCUT2D eigenvalue weighted by Crippen LogP contribution is -2.15. The second kappa shape index (κ2) is 6.32. The lowest BCUT2D eigenvalue weighted by Gasteiger charge is -2.08. The molecule has 0 aliphatic rings. The number of carbonyl (C=O) groups is 1. The van der Waals surface area contributed by atoms with Crippen molar-refractivity contribution in [3.8, 4) is 0 Å². The zero-order valence-electron chi connectivity index (χ0n) is 11.9. The Morgan fingerprint density at radius 1 is 1.09 bits per heavy atom. The van der Waals surface area contributed by atoms with Crippen molar-refractivity contribution in [1.29, 1.82) is 0 Å². The number of fused-ring (bicyclic) bond motifs is 1. The second-order valence-electron chi connectivity index (χ2n) is 4.90. The third-order valence-corrected chi connectivity index (χ3v) is 3.33. The number of aliphatic hydroxyl groups excluding tert-OH is 1. The number of para-hydroxylation sites is 1. The monoisotopic (exact) mass is 296 g/mol. The minimum absolute atomic E-state index is 0.432. The summed E-state index contributed by atoms with van der Waals surface area (Å²) in [7, 11) is 0. The highest BCUT2D eigenvalue weighted by atomic mass is 16.3. The standard InChI is InChI=1S/C17H16N2O3/c20-10-17(21)19-14-5-3-4-13(8-14)18-9-12-11-22-16-7-2-1-6-15(12)16/h1-8,11,18,20H,9-10H2,(H,19,21). The average Bonchev–Trinajstić information content (AvgIpc) is 2.96. The summed E-state index contributed by atoms with van der Waals surface area (Å²) in [6.45, 7) is 0.0904. The summed E-state index contributed by atoms with van der Waals surface area (Å²) < 4.78 is 5.50. The molecule has 22 heavy (non-hydrogen) atoms. The third kappa shape index (κ3) is 3.10. The predicted octanol–water partition coefficient (Wildman–Crippen LogP) is 2.98. The van der Waals surface area contributed by atoms with Gasteiger partial charge in [-0.25, -0.2) is 0 Å². The number of nitrogens with one attached hydrogen (secondary N) is 2. The number of carbonyl (C=O) groups excluding carboxylic acids is 1. The highest BCUT2D eigenvalue weighted by Gasteiger charge is 2.05. The summed E-state index contributed by atoms with van der Waals surface area (Å²) in [5.41, 5.74) is 3.45. The minimum Gasteiger partial charge on any atom is -0.464 e. The summed E-state index contributed by atoms with van der Waals surface area (Å²) in [4.78, 5) is 11.2. The van der Waals surface area contributed by atoms with Gasteiger partial charge in [0.15, 0.2) is 0 Å². The number of hydrogen-bond acceptors (Lipinski definition) is 4. The SMILES string of the molecule is O=C(CO)Nc1cccc(NCc2coc3ccccc23)c1. The maximum atomic E-state index is 11.2. The molecule has 0 aliphatic carbocycles. The Kier molecular flexibility index (Phi) is 4.07. The number of benzene rings is 2. The van der Waals surface area contributed by atoms with Gasteiger partial charge in [0.05, 0.1) is 6.26 Å². The van der Waals surface area contributed by atoms with E-state index < -0.39 is 12.5 Å². The molecule has 1 amide bonds. The van der Waals surface area contributed by atoms with Crippen LogP contribution < -0.4 is 10.6 Å². The zero-order chi connectivity index (χ0) is 15.4. The fourth-order valence-corrected chi connectivity index (χ4v) is 2.27. The van der Waals surface area contributed by atoms with Gasteiger partial charge in [0.25, 0.3) is 0 Å². The number of rotatable bonds is 5. The van der Waals surface area contributed by atoms with Crippen molar-refractivity contribution in [2.75, 3.05) is 17.2 Å². The fraction of sp³-hybridized carbons (Fsp3) is 0.118. The summed E-state index contributed by atoms with van der Waals surface area (Å²) in [6, 6.07) is 15.2. The number of furan rings is 1. The van der Waals surface area contributed by atoms with Crippen molar-refractivity contribution < 1.29 is 14.3 Å². The summed E-state index contributed by atoms with van der Waals surface area (Å²) in [5, 5.41) is 15.7. The van der Waals surface area contributed by atoms with Crippen LogP contribution in [0, 0.1) is 0 Å². The number of amides is 1. The van der Waals surface area contributed by atoms with E-state index in [1.54, 1.807) is 12.3 Å². The molecule has 3 N–H and O–H groups in total. The van der Waals surface area contributed by atoms with Crippen LogP contribution in [0.15, 0.2) is 59.2 Å². The van der Waals surface area contributed by atoms with E-state index in [4.69, 9.17) is 9.52 Å². The molecule has 5 nitrogen and oxygen atoms in total. The number of hydrogen-bond donors (Lipinski definition) is 3. The van der Waals surface area contributed by atoms with Crippen LogP contribution in [0.1, 0.15) is 5.56 Å². The molecule has 1 aromatic heterocycles. The van der Waals surface area contributed by atoms with E-state index in [1.165, 1.54) is 0 Å². The molecule has 3 rings (SSSR count). The number of aliphatic hydroxyl groups is 1. The van der Waals surface area contributed by atoms with Gasteiger partial charge in [-0.3, -0.25) is 4.79 Å². The Labute approximate surface area is 127 Å². The second-order valence-corrected chi connectivity index (χ2v) is 4.90. The zero-order valence-corrected chi connectivity index (χ0v) is 11.9. The van der Waals surface area contributed by atoms with Gasteiger partial charge in [0, 0.05) is 28.9 Å². The Bertz CT molecular complexity index is 795. The van der Waals surface area contributed by atoms with Crippen molar-refractivity contribution >= 4 is 28.3 Å². The lowest BCUT2D eigenvalue weighted by molar-refractivity contribution is -0.118. The molecule has 0 saturated heterocycles. The van der Waals surface area contributed by atoms with E-state index >= 15 is 0 Å². The van der Waals surface area contributed by atoms with E-state index in [9.17, 15) is 4.79 Å². The molecule has 112 valence electrons. The van der Waals surface area contributed by atoms with Gasteiger partial charge in [0.1, 0.15) is 12.2 Å². The summed E-state index contributed by atoms with van der Waals surface area (Å²) >= 11 is 0. The maximum absolute atomic E-state index is 11.2. The normalized spacial score (nSPS) is 10.6. The van der Waals surface area contributed by atoms with Gasteiger partial charge in [0.2, 0.25) is 5.91 Å². The average molecular weight is 296 g/mol. The first-order chi connectivity index (χ1) is 10.8. The first-order valence-electron chi connectivity index (χ1n) is 6.96. The van der Waals surface area contributed by atoms with E-state index in [1.807, 2.05) is 42.5 Å². The summed E-state index contributed by atoms with van der Waals surface area (Å²) in [6.07, 6.45) is 1.75. The molecule has 0 fully saturated rings. The molecule has 0 aliphatic heterocycles. The van der Waals surface area contributed by atoms with Gasteiger partial charge < -0.3 is 20.2 Å². The van der Waals surface area contributed by atoms with E-state index in [0.29, 0.717) is 12.2 Å². The van der Waals surface area contributed by atoms with Crippen LogP contribution in [0.2, 0.25) is 0 Å². The molecule has 1 heterocycles.